The van der Waals surface area contributed by atoms with Gasteiger partial charge < -0.3 is 0 Å². The number of amides is 2. The summed E-state index contributed by atoms with van der Waals surface area (Å²) in [6, 6.07) is 5.87. The molecule has 3 nitrogen and oxygen atoms in total. The van der Waals surface area contributed by atoms with Crippen molar-refractivity contribution in [3.8, 4) is 0 Å². The van der Waals surface area contributed by atoms with Crippen molar-refractivity contribution in [3.05, 3.63) is 47.5 Å². The fourth-order valence-corrected chi connectivity index (χ4v) is 2.53. The van der Waals surface area contributed by atoms with Gasteiger partial charge in [0.15, 0.2) is 0 Å². The summed E-state index contributed by atoms with van der Waals surface area (Å²) in [6.45, 7) is 3.09. The highest BCUT2D eigenvalue weighted by Gasteiger charge is 2.39. The van der Waals surface area contributed by atoms with Crippen molar-refractivity contribution in [1.82, 2.24) is 4.90 Å². The molecule has 1 aliphatic rings. The lowest BCUT2D eigenvalue weighted by atomic mass is 10.1. The van der Waals surface area contributed by atoms with Crippen molar-refractivity contribution in [1.29, 1.82) is 0 Å². The molecular formula is C15H15BrFNO2. The Morgan fingerprint density at radius 1 is 1.25 bits per heavy atom. The van der Waals surface area contributed by atoms with E-state index in [4.69, 9.17) is 0 Å². The molecule has 1 atom stereocenters. The third-order valence-corrected chi connectivity index (χ3v) is 4.18. The molecule has 0 radical (unpaired) electrons. The first kappa shape index (κ1) is 14.9. The maximum Gasteiger partial charge on any atom is 0.261 e. The van der Waals surface area contributed by atoms with E-state index in [-0.39, 0.29) is 0 Å². The summed E-state index contributed by atoms with van der Waals surface area (Å²) in [7, 11) is 0. The van der Waals surface area contributed by atoms with Crippen LogP contribution in [0.2, 0.25) is 0 Å². The second kappa shape index (κ2) is 6.31. The topological polar surface area (TPSA) is 37.4 Å². The van der Waals surface area contributed by atoms with Crippen molar-refractivity contribution in [2.45, 2.75) is 18.9 Å². The second-order valence-corrected chi connectivity index (χ2v) is 5.32. The number of alkyl halides is 2. The van der Waals surface area contributed by atoms with Crippen molar-refractivity contribution >= 4 is 27.7 Å². The Morgan fingerprint density at radius 3 is 2.25 bits per heavy atom. The standard InChI is InChI=1S/C15H15BrFNO2/c1-10(8-16)6-7-11(9-17)18-14(19)12-4-2-3-5-13(12)15(18)20/h2-5,11H,1,6-9H2. The first-order chi connectivity index (χ1) is 9.60. The van der Waals surface area contributed by atoms with Gasteiger partial charge >= 0.3 is 0 Å². The summed E-state index contributed by atoms with van der Waals surface area (Å²) in [5, 5.41) is 0.633. The van der Waals surface area contributed by atoms with Gasteiger partial charge in [-0.15, -0.1) is 0 Å². The Bertz CT molecular complexity index is 524. The van der Waals surface area contributed by atoms with Crippen molar-refractivity contribution in [2.24, 2.45) is 0 Å². The lowest BCUT2D eigenvalue weighted by molar-refractivity contribution is 0.0550. The van der Waals surface area contributed by atoms with E-state index in [1.807, 2.05) is 0 Å². The van der Waals surface area contributed by atoms with Crippen LogP contribution in [0.4, 0.5) is 4.39 Å². The molecule has 2 amide bonds. The molecule has 0 fully saturated rings. The van der Waals surface area contributed by atoms with Gasteiger partial charge in [0, 0.05) is 5.33 Å². The number of carbonyl (C=O) groups is 2. The number of carbonyl (C=O) groups excluding carboxylic acids is 2. The summed E-state index contributed by atoms with van der Waals surface area (Å²) in [6.07, 6.45) is 0.972. The molecule has 0 aromatic heterocycles. The first-order valence-corrected chi connectivity index (χ1v) is 7.47. The lowest BCUT2D eigenvalue weighted by Gasteiger charge is -2.23. The van der Waals surface area contributed by atoms with E-state index in [1.54, 1.807) is 24.3 Å². The van der Waals surface area contributed by atoms with Gasteiger partial charge in [0.25, 0.3) is 11.8 Å². The number of rotatable bonds is 6. The minimum atomic E-state index is -0.735. The zero-order valence-electron chi connectivity index (χ0n) is 10.9. The van der Waals surface area contributed by atoms with Crippen LogP contribution in [0.15, 0.2) is 36.4 Å². The number of hydrogen-bond donors (Lipinski definition) is 0. The normalized spacial score (nSPS) is 15.4. The molecule has 106 valence electrons. The highest BCUT2D eigenvalue weighted by molar-refractivity contribution is 9.09. The van der Waals surface area contributed by atoms with E-state index in [0.29, 0.717) is 29.3 Å². The SMILES string of the molecule is C=C(CBr)CCC(CF)N1C(=O)c2ccccc2C1=O. The minimum absolute atomic E-state index is 0.357. The van der Waals surface area contributed by atoms with Crippen molar-refractivity contribution < 1.29 is 14.0 Å². The maximum absolute atomic E-state index is 13.2. The Hall–Kier alpha value is -1.49. The Labute approximate surface area is 125 Å². The van der Waals surface area contributed by atoms with E-state index in [2.05, 4.69) is 22.5 Å². The molecule has 20 heavy (non-hydrogen) atoms. The Kier molecular flexibility index (Phi) is 4.70. The van der Waals surface area contributed by atoms with Gasteiger partial charge in [-0.1, -0.05) is 40.2 Å². The third-order valence-electron chi connectivity index (χ3n) is 3.39. The molecule has 5 heteroatoms. The highest BCUT2D eigenvalue weighted by Crippen LogP contribution is 2.26. The average molecular weight is 340 g/mol. The van der Waals surface area contributed by atoms with E-state index in [0.717, 1.165) is 10.5 Å². The van der Waals surface area contributed by atoms with Crippen LogP contribution in [-0.4, -0.2) is 34.8 Å². The predicted octanol–water partition coefficient (Wildman–Crippen LogP) is 3.35. The van der Waals surface area contributed by atoms with E-state index in [1.165, 1.54) is 0 Å². The van der Waals surface area contributed by atoms with Gasteiger partial charge in [-0.3, -0.25) is 14.5 Å². The summed E-state index contributed by atoms with van der Waals surface area (Å²) in [4.78, 5) is 25.5. The molecule has 1 aromatic rings. The number of halogens is 2. The molecule has 1 heterocycles. The average Bonchev–Trinajstić information content (AvgIpc) is 2.73. The number of imide groups is 1. The number of benzene rings is 1. The molecule has 0 bridgehead atoms. The molecule has 0 N–H and O–H groups in total. The molecular weight excluding hydrogens is 325 g/mol. The Balaban J connectivity index is 2.18. The quantitative estimate of drug-likeness (QED) is 0.452. The molecule has 0 saturated carbocycles. The van der Waals surface area contributed by atoms with Crippen LogP contribution in [0, 0.1) is 0 Å². The second-order valence-electron chi connectivity index (χ2n) is 4.76. The highest BCUT2D eigenvalue weighted by atomic mass is 79.9. The van der Waals surface area contributed by atoms with Crippen molar-refractivity contribution in [3.63, 3.8) is 0 Å². The minimum Gasteiger partial charge on any atom is -0.269 e. The molecule has 0 aliphatic carbocycles. The smallest absolute Gasteiger partial charge is 0.261 e. The summed E-state index contributed by atoms with van der Waals surface area (Å²) in [5.74, 6) is -0.810. The van der Waals surface area contributed by atoms with Crippen LogP contribution in [0.1, 0.15) is 33.6 Å². The zero-order valence-corrected chi connectivity index (χ0v) is 12.5. The third kappa shape index (κ3) is 2.68. The Morgan fingerprint density at radius 2 is 1.80 bits per heavy atom. The molecule has 1 aromatic carbocycles. The molecule has 0 saturated heterocycles. The zero-order chi connectivity index (χ0) is 14.7. The maximum atomic E-state index is 13.2. The summed E-state index contributed by atoms with van der Waals surface area (Å²) in [5.41, 5.74) is 1.63. The largest absolute Gasteiger partial charge is 0.269 e. The molecule has 2 rings (SSSR count). The number of fused-ring (bicyclic) bond motifs is 1. The summed E-state index contributed by atoms with van der Waals surface area (Å²) < 4.78 is 13.2. The first-order valence-electron chi connectivity index (χ1n) is 6.35. The van der Waals surface area contributed by atoms with Gasteiger partial charge in [-0.05, 0) is 25.0 Å². The van der Waals surface area contributed by atoms with Gasteiger partial charge in [-0.2, -0.15) is 0 Å². The van der Waals surface area contributed by atoms with Gasteiger partial charge in [-0.25, -0.2) is 4.39 Å². The molecule has 0 spiro atoms. The van der Waals surface area contributed by atoms with Crippen LogP contribution in [0.25, 0.3) is 0 Å². The molecule has 1 aliphatic heterocycles. The summed E-state index contributed by atoms with van der Waals surface area (Å²) >= 11 is 3.28. The van der Waals surface area contributed by atoms with Gasteiger partial charge in [0.1, 0.15) is 6.67 Å². The van der Waals surface area contributed by atoms with Crippen LogP contribution < -0.4 is 0 Å². The molecule has 1 unspecified atom stereocenters. The van der Waals surface area contributed by atoms with Crippen LogP contribution >= 0.6 is 15.9 Å². The number of allylic oxidation sites excluding steroid dienone is 1. The lowest BCUT2D eigenvalue weighted by Crippen LogP contribution is -2.41. The van der Waals surface area contributed by atoms with E-state index in [9.17, 15) is 14.0 Å². The van der Waals surface area contributed by atoms with Gasteiger partial charge in [0.2, 0.25) is 0 Å². The number of nitrogens with zero attached hydrogens (tertiary/aromatic N) is 1. The van der Waals surface area contributed by atoms with Crippen LogP contribution in [0.3, 0.4) is 0 Å². The fourth-order valence-electron chi connectivity index (χ4n) is 2.25. The van der Waals surface area contributed by atoms with Crippen molar-refractivity contribution in [2.75, 3.05) is 12.0 Å². The van der Waals surface area contributed by atoms with E-state index >= 15 is 0 Å². The van der Waals surface area contributed by atoms with Gasteiger partial charge in [0.05, 0.1) is 17.2 Å². The number of hydrogen-bond acceptors (Lipinski definition) is 2. The fraction of sp³-hybridized carbons (Fsp3) is 0.333. The van der Waals surface area contributed by atoms with Crippen LogP contribution in [-0.2, 0) is 0 Å². The van der Waals surface area contributed by atoms with Crippen LogP contribution in [0.5, 0.6) is 0 Å². The van der Waals surface area contributed by atoms with E-state index < -0.39 is 24.5 Å². The predicted molar refractivity (Wildman–Crippen MR) is 78.9 cm³/mol. The monoisotopic (exact) mass is 339 g/mol.